The molecule has 0 aliphatic heterocycles. The maximum atomic E-state index is 8.93. The molecule has 5 nitrogen and oxygen atoms in total. The predicted octanol–water partition coefficient (Wildman–Crippen LogP) is 3.13. The van der Waals surface area contributed by atoms with E-state index in [4.69, 9.17) is 5.26 Å². The Balaban J connectivity index is 1.97. The fourth-order valence-corrected chi connectivity index (χ4v) is 2.85. The van der Waals surface area contributed by atoms with Crippen molar-refractivity contribution in [2.45, 2.75) is 27.3 Å². The highest BCUT2D eigenvalue weighted by atomic mass is 15.3. The Morgan fingerprint density at radius 1 is 1.09 bits per heavy atom. The molecule has 0 aliphatic carbocycles. The van der Waals surface area contributed by atoms with Crippen LogP contribution in [0.4, 0.5) is 0 Å². The maximum absolute atomic E-state index is 8.93. The molecule has 116 valence electrons. The van der Waals surface area contributed by atoms with Gasteiger partial charge in [-0.1, -0.05) is 12.1 Å². The van der Waals surface area contributed by atoms with E-state index in [1.807, 2.05) is 54.5 Å². The van der Waals surface area contributed by atoms with Gasteiger partial charge in [-0.25, -0.2) is 0 Å². The molecule has 2 heterocycles. The summed E-state index contributed by atoms with van der Waals surface area (Å²) in [5.74, 6) is 0. The van der Waals surface area contributed by atoms with E-state index in [2.05, 4.69) is 29.3 Å². The zero-order valence-electron chi connectivity index (χ0n) is 13.8. The van der Waals surface area contributed by atoms with Crippen molar-refractivity contribution in [3.05, 3.63) is 58.7 Å². The van der Waals surface area contributed by atoms with Crippen molar-refractivity contribution in [2.75, 3.05) is 0 Å². The molecule has 0 radical (unpaired) electrons. The highest BCUT2D eigenvalue weighted by molar-refractivity contribution is 5.69. The van der Waals surface area contributed by atoms with Crippen LogP contribution in [0.5, 0.6) is 0 Å². The van der Waals surface area contributed by atoms with E-state index < -0.39 is 0 Å². The Morgan fingerprint density at radius 2 is 1.78 bits per heavy atom. The third kappa shape index (κ3) is 2.76. The van der Waals surface area contributed by atoms with Crippen LogP contribution < -0.4 is 0 Å². The minimum absolute atomic E-state index is 0.657. The van der Waals surface area contributed by atoms with Crippen LogP contribution in [0.1, 0.15) is 28.3 Å². The highest BCUT2D eigenvalue weighted by Gasteiger charge is 2.14. The molecule has 0 atom stereocenters. The SMILES string of the molecule is Cc1nn(Cc2cc(C)n(C)n2)c(C)c1-c1ccc(C#N)cc1. The number of nitrogens with zero attached hydrogens (tertiary/aromatic N) is 5. The summed E-state index contributed by atoms with van der Waals surface area (Å²) in [6.07, 6.45) is 0. The summed E-state index contributed by atoms with van der Waals surface area (Å²) < 4.78 is 3.87. The molecule has 0 saturated carbocycles. The van der Waals surface area contributed by atoms with Gasteiger partial charge in [-0.05, 0) is 44.5 Å². The zero-order chi connectivity index (χ0) is 16.6. The summed E-state index contributed by atoms with van der Waals surface area (Å²) in [5, 5.41) is 18.1. The van der Waals surface area contributed by atoms with Gasteiger partial charge in [0.15, 0.2) is 0 Å². The summed E-state index contributed by atoms with van der Waals surface area (Å²) >= 11 is 0. The summed E-state index contributed by atoms with van der Waals surface area (Å²) in [7, 11) is 1.95. The quantitative estimate of drug-likeness (QED) is 0.747. The molecule has 0 N–H and O–H groups in total. The smallest absolute Gasteiger partial charge is 0.0991 e. The van der Waals surface area contributed by atoms with E-state index in [0.29, 0.717) is 12.1 Å². The number of benzene rings is 1. The average Bonchev–Trinajstić information content (AvgIpc) is 2.99. The molecular weight excluding hydrogens is 286 g/mol. The Hall–Kier alpha value is -2.87. The van der Waals surface area contributed by atoms with E-state index in [0.717, 1.165) is 33.9 Å². The molecule has 0 spiro atoms. The number of hydrogen-bond acceptors (Lipinski definition) is 3. The summed E-state index contributed by atoms with van der Waals surface area (Å²) in [5.41, 5.74) is 7.11. The topological polar surface area (TPSA) is 59.4 Å². The van der Waals surface area contributed by atoms with E-state index in [9.17, 15) is 0 Å². The molecule has 2 aromatic heterocycles. The fourth-order valence-electron chi connectivity index (χ4n) is 2.85. The number of aromatic nitrogens is 4. The first kappa shape index (κ1) is 15.0. The van der Waals surface area contributed by atoms with Crippen LogP contribution in [0.15, 0.2) is 30.3 Å². The molecule has 0 aliphatic rings. The van der Waals surface area contributed by atoms with E-state index in [1.165, 1.54) is 0 Å². The lowest BCUT2D eigenvalue weighted by Gasteiger charge is -2.04. The van der Waals surface area contributed by atoms with E-state index in [-0.39, 0.29) is 0 Å². The lowest BCUT2D eigenvalue weighted by Crippen LogP contribution is -2.05. The van der Waals surface area contributed by atoms with Gasteiger partial charge in [0.2, 0.25) is 0 Å². The minimum Gasteiger partial charge on any atom is -0.273 e. The number of nitriles is 1. The Labute approximate surface area is 135 Å². The Kier molecular flexibility index (Phi) is 3.75. The molecule has 1 aromatic carbocycles. The first-order chi connectivity index (χ1) is 11.0. The highest BCUT2D eigenvalue weighted by Crippen LogP contribution is 2.27. The van der Waals surface area contributed by atoms with Crippen LogP contribution in [0.2, 0.25) is 0 Å². The van der Waals surface area contributed by atoms with Gasteiger partial charge < -0.3 is 0 Å². The molecule has 23 heavy (non-hydrogen) atoms. The summed E-state index contributed by atoms with van der Waals surface area (Å²) in [6.45, 7) is 6.79. The maximum Gasteiger partial charge on any atom is 0.0991 e. The van der Waals surface area contributed by atoms with Crippen molar-refractivity contribution in [2.24, 2.45) is 7.05 Å². The van der Waals surface area contributed by atoms with Crippen LogP contribution in [0.3, 0.4) is 0 Å². The molecule has 0 saturated heterocycles. The van der Waals surface area contributed by atoms with Crippen molar-refractivity contribution in [1.29, 1.82) is 5.26 Å². The van der Waals surface area contributed by atoms with Gasteiger partial charge >= 0.3 is 0 Å². The van der Waals surface area contributed by atoms with Crippen molar-refractivity contribution in [3.63, 3.8) is 0 Å². The molecule has 0 amide bonds. The van der Waals surface area contributed by atoms with Crippen LogP contribution in [-0.4, -0.2) is 19.6 Å². The zero-order valence-corrected chi connectivity index (χ0v) is 13.8. The first-order valence-electron chi connectivity index (χ1n) is 7.53. The molecular formula is C18H19N5. The van der Waals surface area contributed by atoms with Crippen LogP contribution in [-0.2, 0) is 13.6 Å². The van der Waals surface area contributed by atoms with E-state index in [1.54, 1.807) is 0 Å². The average molecular weight is 305 g/mol. The number of hydrogen-bond donors (Lipinski definition) is 0. The summed E-state index contributed by atoms with van der Waals surface area (Å²) in [4.78, 5) is 0. The number of aryl methyl sites for hydroxylation is 3. The van der Waals surface area contributed by atoms with Crippen molar-refractivity contribution in [1.82, 2.24) is 19.6 Å². The van der Waals surface area contributed by atoms with Crippen LogP contribution in [0.25, 0.3) is 11.1 Å². The first-order valence-corrected chi connectivity index (χ1v) is 7.53. The molecule has 5 heteroatoms. The fraction of sp³-hybridized carbons (Fsp3) is 0.278. The van der Waals surface area contributed by atoms with Crippen LogP contribution in [0, 0.1) is 32.1 Å². The second-order valence-electron chi connectivity index (χ2n) is 5.79. The molecule has 0 bridgehead atoms. The van der Waals surface area contributed by atoms with Crippen molar-refractivity contribution < 1.29 is 0 Å². The monoisotopic (exact) mass is 305 g/mol. The van der Waals surface area contributed by atoms with Gasteiger partial charge in [0.05, 0.1) is 29.6 Å². The van der Waals surface area contributed by atoms with Gasteiger partial charge in [-0.3, -0.25) is 9.36 Å². The normalized spacial score (nSPS) is 10.7. The van der Waals surface area contributed by atoms with Gasteiger partial charge in [0.1, 0.15) is 0 Å². The second-order valence-corrected chi connectivity index (χ2v) is 5.79. The van der Waals surface area contributed by atoms with Gasteiger partial charge in [0.25, 0.3) is 0 Å². The van der Waals surface area contributed by atoms with Gasteiger partial charge in [-0.2, -0.15) is 15.5 Å². The Bertz CT molecular complexity index is 871. The van der Waals surface area contributed by atoms with Crippen LogP contribution >= 0.6 is 0 Å². The molecule has 0 fully saturated rings. The summed E-state index contributed by atoms with van der Waals surface area (Å²) in [6, 6.07) is 11.9. The minimum atomic E-state index is 0.657. The largest absolute Gasteiger partial charge is 0.273 e. The molecule has 0 unspecified atom stereocenters. The Morgan fingerprint density at radius 3 is 2.35 bits per heavy atom. The predicted molar refractivity (Wildman–Crippen MR) is 88.9 cm³/mol. The molecule has 3 rings (SSSR count). The second kappa shape index (κ2) is 5.73. The standard InChI is InChI=1S/C18H19N5/c1-12-9-17(21-22(12)4)11-23-14(3)18(13(2)20-23)16-7-5-15(10-19)6-8-16/h5-9H,11H2,1-4H3. The lowest BCUT2D eigenvalue weighted by atomic mass is 10.0. The van der Waals surface area contributed by atoms with Crippen molar-refractivity contribution >= 4 is 0 Å². The third-order valence-corrected chi connectivity index (χ3v) is 4.16. The third-order valence-electron chi connectivity index (χ3n) is 4.16. The van der Waals surface area contributed by atoms with Crippen molar-refractivity contribution in [3.8, 4) is 17.2 Å². The van der Waals surface area contributed by atoms with Gasteiger partial charge in [0, 0.05) is 24.0 Å². The van der Waals surface area contributed by atoms with E-state index >= 15 is 0 Å². The molecule has 3 aromatic rings. The number of rotatable bonds is 3. The lowest BCUT2D eigenvalue weighted by molar-refractivity contribution is 0.628. The van der Waals surface area contributed by atoms with Gasteiger partial charge in [-0.15, -0.1) is 0 Å².